The van der Waals surface area contributed by atoms with Gasteiger partial charge in [-0.1, -0.05) is 59.6 Å². The van der Waals surface area contributed by atoms with Crippen molar-refractivity contribution in [3.63, 3.8) is 0 Å². The summed E-state index contributed by atoms with van der Waals surface area (Å²) in [6.45, 7) is 0. The van der Waals surface area contributed by atoms with E-state index in [9.17, 15) is 0 Å². The lowest BCUT2D eigenvalue weighted by atomic mass is 10.2. The van der Waals surface area contributed by atoms with Gasteiger partial charge in [-0.3, -0.25) is 0 Å². The zero-order valence-electron chi connectivity index (χ0n) is 8.35. The molecular formula is C14H11Si. The van der Waals surface area contributed by atoms with Gasteiger partial charge in [0, 0.05) is 5.56 Å². The summed E-state index contributed by atoms with van der Waals surface area (Å²) < 4.78 is 0. The molecule has 0 saturated heterocycles. The van der Waals surface area contributed by atoms with Gasteiger partial charge in [-0.05, 0) is 11.3 Å². The maximum absolute atomic E-state index is 5.47. The first-order chi connectivity index (χ1) is 7.40. The molecule has 0 N–H and O–H groups in total. The molecule has 71 valence electrons. The van der Waals surface area contributed by atoms with Crippen molar-refractivity contribution in [3.05, 3.63) is 60.2 Å². The Hall–Kier alpha value is -1.78. The van der Waals surface area contributed by atoms with E-state index in [-0.39, 0.29) is 9.52 Å². The molecule has 0 bridgehead atoms. The molecule has 0 aliphatic heterocycles. The van der Waals surface area contributed by atoms with Crippen molar-refractivity contribution in [2.24, 2.45) is 0 Å². The van der Waals surface area contributed by atoms with Crippen molar-refractivity contribution in [3.8, 4) is 12.3 Å². The normalized spacial score (nSPS) is 9.53. The fraction of sp³-hybridized carbons (Fsp3) is 0. The highest BCUT2D eigenvalue weighted by Crippen LogP contribution is 1.93. The SMILES string of the molecule is C#Cc1ccccc1[SiH]c1ccccc1. The molecule has 0 unspecified atom stereocenters. The van der Waals surface area contributed by atoms with E-state index in [2.05, 4.69) is 36.3 Å². The van der Waals surface area contributed by atoms with Crippen LogP contribution >= 0.6 is 0 Å². The number of hydrogen-bond donors (Lipinski definition) is 0. The number of terminal acetylenes is 1. The Kier molecular flexibility index (Phi) is 3.01. The summed E-state index contributed by atoms with van der Waals surface area (Å²) in [4.78, 5) is 0. The standard InChI is InChI=1S/C14H11Si/c1-2-12-8-6-7-11-14(12)15-13-9-4-3-5-10-13/h1,3-11,15H. The molecule has 0 aliphatic rings. The van der Waals surface area contributed by atoms with Crippen LogP contribution in [0.15, 0.2) is 54.6 Å². The molecular weight excluding hydrogens is 196 g/mol. The molecule has 0 amide bonds. The molecule has 0 heterocycles. The van der Waals surface area contributed by atoms with Gasteiger partial charge in [0.2, 0.25) is 0 Å². The number of benzene rings is 2. The summed E-state index contributed by atoms with van der Waals surface area (Å²) in [5.41, 5.74) is 1.02. The Morgan fingerprint density at radius 2 is 1.53 bits per heavy atom. The molecule has 0 nitrogen and oxygen atoms in total. The monoisotopic (exact) mass is 207 g/mol. The lowest BCUT2D eigenvalue weighted by molar-refractivity contribution is 1.70. The molecule has 0 spiro atoms. The quantitative estimate of drug-likeness (QED) is 0.510. The van der Waals surface area contributed by atoms with Gasteiger partial charge in [0.1, 0.15) is 9.52 Å². The number of rotatable bonds is 2. The minimum absolute atomic E-state index is 0.112. The summed E-state index contributed by atoms with van der Waals surface area (Å²) in [6.07, 6.45) is 5.47. The van der Waals surface area contributed by atoms with Gasteiger partial charge in [0.05, 0.1) is 0 Å². The second kappa shape index (κ2) is 4.63. The Balaban J connectivity index is 2.29. The summed E-state index contributed by atoms with van der Waals surface area (Å²) >= 11 is 0. The van der Waals surface area contributed by atoms with E-state index in [1.807, 2.05) is 24.3 Å². The van der Waals surface area contributed by atoms with E-state index >= 15 is 0 Å². The molecule has 0 atom stereocenters. The van der Waals surface area contributed by atoms with Gasteiger partial charge >= 0.3 is 0 Å². The van der Waals surface area contributed by atoms with E-state index in [0.717, 1.165) is 5.56 Å². The molecule has 0 aromatic heterocycles. The molecule has 1 radical (unpaired) electrons. The zero-order chi connectivity index (χ0) is 10.5. The van der Waals surface area contributed by atoms with Crippen LogP contribution in [0.1, 0.15) is 5.56 Å². The molecule has 2 rings (SSSR count). The molecule has 2 aromatic rings. The Bertz CT molecular complexity index is 480. The smallest absolute Gasteiger partial charge is 0.105 e. The molecule has 0 aliphatic carbocycles. The summed E-state index contributed by atoms with van der Waals surface area (Å²) in [5, 5.41) is 2.67. The first kappa shape index (κ1) is 9.76. The molecule has 2 aromatic carbocycles. The fourth-order valence-corrected chi connectivity index (χ4v) is 2.80. The zero-order valence-corrected chi connectivity index (χ0v) is 9.51. The van der Waals surface area contributed by atoms with Crippen molar-refractivity contribution in [1.82, 2.24) is 0 Å². The van der Waals surface area contributed by atoms with Crippen molar-refractivity contribution in [1.29, 1.82) is 0 Å². The van der Waals surface area contributed by atoms with Crippen molar-refractivity contribution in [2.45, 2.75) is 0 Å². The van der Waals surface area contributed by atoms with Crippen LogP contribution in [0, 0.1) is 12.3 Å². The average Bonchev–Trinajstić information content (AvgIpc) is 2.31. The topological polar surface area (TPSA) is 0 Å². The van der Waals surface area contributed by atoms with Crippen molar-refractivity contribution >= 4 is 19.9 Å². The van der Waals surface area contributed by atoms with Crippen LogP contribution in [-0.4, -0.2) is 9.52 Å². The van der Waals surface area contributed by atoms with Gasteiger partial charge in [-0.2, -0.15) is 0 Å². The van der Waals surface area contributed by atoms with Crippen molar-refractivity contribution in [2.75, 3.05) is 0 Å². The van der Waals surface area contributed by atoms with Crippen LogP contribution in [0.4, 0.5) is 0 Å². The van der Waals surface area contributed by atoms with Crippen LogP contribution in [0.2, 0.25) is 0 Å². The van der Waals surface area contributed by atoms with Crippen LogP contribution < -0.4 is 10.4 Å². The van der Waals surface area contributed by atoms with Crippen LogP contribution in [0.25, 0.3) is 0 Å². The van der Waals surface area contributed by atoms with Crippen LogP contribution in [0.3, 0.4) is 0 Å². The summed E-state index contributed by atoms with van der Waals surface area (Å²) in [6, 6.07) is 18.7. The predicted octanol–water partition coefficient (Wildman–Crippen LogP) is 1.06. The first-order valence-electron chi connectivity index (χ1n) is 4.85. The minimum atomic E-state index is 0.112. The van der Waals surface area contributed by atoms with Gasteiger partial charge < -0.3 is 0 Å². The molecule has 15 heavy (non-hydrogen) atoms. The summed E-state index contributed by atoms with van der Waals surface area (Å²) in [7, 11) is 0.112. The van der Waals surface area contributed by atoms with E-state index < -0.39 is 0 Å². The Morgan fingerprint density at radius 3 is 2.27 bits per heavy atom. The third kappa shape index (κ3) is 2.37. The minimum Gasteiger partial charge on any atom is -0.115 e. The fourth-order valence-electron chi connectivity index (χ4n) is 1.48. The molecule has 0 fully saturated rings. The van der Waals surface area contributed by atoms with E-state index in [0.29, 0.717) is 0 Å². The van der Waals surface area contributed by atoms with Gasteiger partial charge in [0.15, 0.2) is 0 Å². The lowest BCUT2D eigenvalue weighted by Gasteiger charge is -2.03. The highest BCUT2D eigenvalue weighted by molar-refractivity contribution is 6.67. The Morgan fingerprint density at radius 1 is 0.867 bits per heavy atom. The molecule has 1 heteroatoms. The van der Waals surface area contributed by atoms with Crippen molar-refractivity contribution < 1.29 is 0 Å². The van der Waals surface area contributed by atoms with Crippen LogP contribution in [0.5, 0.6) is 0 Å². The highest BCUT2D eigenvalue weighted by atomic mass is 28.2. The third-order valence-corrected chi connectivity index (χ3v) is 3.77. The van der Waals surface area contributed by atoms with E-state index in [1.165, 1.54) is 10.4 Å². The first-order valence-corrected chi connectivity index (χ1v) is 6.01. The second-order valence-electron chi connectivity index (χ2n) is 3.29. The highest BCUT2D eigenvalue weighted by Gasteiger charge is 2.00. The average molecular weight is 207 g/mol. The lowest BCUT2D eigenvalue weighted by Crippen LogP contribution is -2.28. The van der Waals surface area contributed by atoms with Gasteiger partial charge in [-0.25, -0.2) is 0 Å². The van der Waals surface area contributed by atoms with E-state index in [4.69, 9.17) is 6.42 Å². The van der Waals surface area contributed by atoms with Crippen LogP contribution in [-0.2, 0) is 0 Å². The van der Waals surface area contributed by atoms with Gasteiger partial charge in [-0.15, -0.1) is 6.42 Å². The maximum Gasteiger partial charge on any atom is 0.105 e. The summed E-state index contributed by atoms with van der Waals surface area (Å²) in [5.74, 6) is 2.74. The van der Waals surface area contributed by atoms with E-state index in [1.54, 1.807) is 0 Å². The maximum atomic E-state index is 5.47. The largest absolute Gasteiger partial charge is 0.115 e. The number of hydrogen-bond acceptors (Lipinski definition) is 0. The Labute approximate surface area is 92.8 Å². The van der Waals surface area contributed by atoms with Gasteiger partial charge in [0.25, 0.3) is 0 Å². The predicted molar refractivity (Wildman–Crippen MR) is 67.2 cm³/mol. The third-order valence-electron chi connectivity index (χ3n) is 2.24. The second-order valence-corrected chi connectivity index (χ2v) is 4.86. The molecule has 0 saturated carbocycles.